The number of aromatic nitrogens is 1. The molecule has 0 aliphatic carbocycles. The number of likely N-dealkylation sites (tertiary alicyclic amines) is 1. The Morgan fingerprint density at radius 2 is 2.28 bits per heavy atom. The minimum Gasteiger partial charge on any atom is -0.491 e. The average molecular weight is 399 g/mol. The van der Waals surface area contributed by atoms with Gasteiger partial charge in [-0.05, 0) is 56.0 Å². The summed E-state index contributed by atoms with van der Waals surface area (Å²) < 4.78 is 6.05. The van der Waals surface area contributed by atoms with Gasteiger partial charge in [0.1, 0.15) is 18.1 Å². The van der Waals surface area contributed by atoms with E-state index >= 15 is 0 Å². The van der Waals surface area contributed by atoms with Gasteiger partial charge in [-0.3, -0.25) is 9.78 Å². The third-order valence-corrected chi connectivity index (χ3v) is 5.02. The third kappa shape index (κ3) is 5.60. The van der Waals surface area contributed by atoms with Gasteiger partial charge in [0.15, 0.2) is 0 Å². The van der Waals surface area contributed by atoms with Gasteiger partial charge < -0.3 is 14.7 Å². The number of carbonyl (C=O) groups excluding carboxylic acids is 1. The lowest BCUT2D eigenvalue weighted by atomic mass is 10.0. The number of allylic oxidation sites excluding steroid dienone is 3. The molecule has 0 aromatic carbocycles. The second kappa shape index (κ2) is 11.3. The van der Waals surface area contributed by atoms with Crippen LogP contribution in [-0.2, 0) is 11.3 Å². The summed E-state index contributed by atoms with van der Waals surface area (Å²) in [5, 5.41) is 12.5. The fourth-order valence-electron chi connectivity index (χ4n) is 3.50. The van der Waals surface area contributed by atoms with Crippen LogP contribution in [0.1, 0.15) is 55.6 Å². The van der Waals surface area contributed by atoms with Gasteiger partial charge >= 0.3 is 0 Å². The van der Waals surface area contributed by atoms with E-state index in [1.807, 2.05) is 19.9 Å². The van der Waals surface area contributed by atoms with Crippen molar-refractivity contribution in [3.8, 4) is 0 Å². The van der Waals surface area contributed by atoms with E-state index in [0.29, 0.717) is 42.2 Å². The van der Waals surface area contributed by atoms with Crippen LogP contribution in [0.25, 0.3) is 0 Å². The van der Waals surface area contributed by atoms with Crippen LogP contribution in [0.4, 0.5) is 0 Å². The van der Waals surface area contributed by atoms with Crippen LogP contribution in [0.3, 0.4) is 0 Å². The summed E-state index contributed by atoms with van der Waals surface area (Å²) in [6, 6.07) is 3.27. The summed E-state index contributed by atoms with van der Waals surface area (Å²) in [6.45, 7) is 8.11. The van der Waals surface area contributed by atoms with Crippen molar-refractivity contribution in [2.24, 2.45) is 5.18 Å². The molecule has 0 radical (unpaired) electrons. The van der Waals surface area contributed by atoms with Crippen LogP contribution in [0, 0.1) is 4.91 Å². The maximum absolute atomic E-state index is 13.1. The standard InChI is InChI=1S/C22H29N3O4/c1-4-9-21(18(5-2)16(3)24-28)29-15-17-10-6-7-13-25(17)22(27)19-11-8-12-23-20(19)14-26/h4,8-9,11-12,17,26H,3,5-7,10,13-15H2,1-2H3/b9-4-,21-18+/t17-/m0/s1. The van der Waals surface area contributed by atoms with E-state index in [2.05, 4.69) is 16.7 Å². The number of pyridine rings is 1. The van der Waals surface area contributed by atoms with Crippen molar-refractivity contribution in [2.75, 3.05) is 13.2 Å². The van der Waals surface area contributed by atoms with Crippen LogP contribution < -0.4 is 0 Å². The second-order valence-electron chi connectivity index (χ2n) is 6.85. The maximum atomic E-state index is 13.1. The fourth-order valence-corrected chi connectivity index (χ4v) is 3.50. The first-order valence-electron chi connectivity index (χ1n) is 9.94. The molecule has 1 fully saturated rings. The Morgan fingerprint density at radius 1 is 1.48 bits per heavy atom. The highest BCUT2D eigenvalue weighted by Crippen LogP contribution is 2.25. The van der Waals surface area contributed by atoms with Crippen LogP contribution in [-0.4, -0.2) is 40.1 Å². The van der Waals surface area contributed by atoms with E-state index in [0.717, 1.165) is 19.3 Å². The molecule has 1 atom stereocenters. The van der Waals surface area contributed by atoms with Gasteiger partial charge in [0.25, 0.3) is 5.91 Å². The second-order valence-corrected chi connectivity index (χ2v) is 6.85. The lowest BCUT2D eigenvalue weighted by molar-refractivity contribution is 0.0454. The summed E-state index contributed by atoms with van der Waals surface area (Å²) in [4.78, 5) is 30.0. The Balaban J connectivity index is 2.23. The number of piperidine rings is 1. The molecule has 2 heterocycles. The predicted molar refractivity (Wildman–Crippen MR) is 112 cm³/mol. The highest BCUT2D eigenvalue weighted by Gasteiger charge is 2.29. The molecule has 156 valence electrons. The molecule has 29 heavy (non-hydrogen) atoms. The Labute approximate surface area is 171 Å². The number of aliphatic hydroxyl groups is 1. The number of ether oxygens (including phenoxy) is 1. The molecule has 0 saturated carbocycles. The minimum absolute atomic E-state index is 0.112. The van der Waals surface area contributed by atoms with E-state index in [1.54, 1.807) is 29.3 Å². The molecular formula is C22H29N3O4. The van der Waals surface area contributed by atoms with Gasteiger partial charge in [-0.25, -0.2) is 0 Å². The first-order valence-corrected chi connectivity index (χ1v) is 9.94. The number of carbonyl (C=O) groups is 1. The smallest absolute Gasteiger partial charge is 0.256 e. The van der Waals surface area contributed by atoms with Crippen molar-refractivity contribution in [1.82, 2.24) is 9.88 Å². The summed E-state index contributed by atoms with van der Waals surface area (Å²) in [7, 11) is 0. The molecule has 2 rings (SSSR count). The summed E-state index contributed by atoms with van der Waals surface area (Å²) in [5.41, 5.74) is 1.60. The largest absolute Gasteiger partial charge is 0.491 e. The van der Waals surface area contributed by atoms with Gasteiger partial charge in [0.2, 0.25) is 0 Å². The highest BCUT2D eigenvalue weighted by atomic mass is 16.5. The number of amides is 1. The number of rotatable bonds is 9. The lowest BCUT2D eigenvalue weighted by Gasteiger charge is -2.36. The Bertz CT molecular complexity index is 801. The molecule has 0 bridgehead atoms. The van der Waals surface area contributed by atoms with Crippen LogP contribution in [0.5, 0.6) is 0 Å². The Hall–Kier alpha value is -2.80. The molecule has 0 spiro atoms. The highest BCUT2D eigenvalue weighted by molar-refractivity contribution is 5.95. The number of hydrogen-bond donors (Lipinski definition) is 1. The van der Waals surface area contributed by atoms with Crippen molar-refractivity contribution in [3.05, 3.63) is 70.3 Å². The molecule has 1 aromatic rings. The van der Waals surface area contributed by atoms with Crippen LogP contribution in [0.2, 0.25) is 0 Å². The number of nitrogens with zero attached hydrogens (tertiary/aromatic N) is 3. The number of aliphatic hydroxyl groups excluding tert-OH is 1. The average Bonchev–Trinajstić information content (AvgIpc) is 2.77. The Morgan fingerprint density at radius 3 is 2.93 bits per heavy atom. The molecule has 1 amide bonds. The molecule has 1 aliphatic rings. The number of hydrogen-bond acceptors (Lipinski definition) is 6. The van der Waals surface area contributed by atoms with Crippen molar-refractivity contribution >= 4 is 5.91 Å². The zero-order valence-corrected chi connectivity index (χ0v) is 17.1. The first kappa shape index (κ1) is 22.5. The molecule has 7 nitrogen and oxygen atoms in total. The normalized spacial score (nSPS) is 17.8. The van der Waals surface area contributed by atoms with E-state index in [1.165, 1.54) is 0 Å². The van der Waals surface area contributed by atoms with E-state index in [-0.39, 0.29) is 24.3 Å². The molecule has 0 unspecified atom stereocenters. The van der Waals surface area contributed by atoms with Gasteiger partial charge in [0, 0.05) is 18.3 Å². The van der Waals surface area contributed by atoms with Gasteiger partial charge in [-0.1, -0.05) is 19.6 Å². The van der Waals surface area contributed by atoms with E-state index in [4.69, 9.17) is 4.74 Å². The quantitative estimate of drug-likeness (QED) is 0.383. The molecule has 1 aromatic heterocycles. The zero-order valence-electron chi connectivity index (χ0n) is 17.1. The number of nitroso groups, excluding NO2 is 1. The van der Waals surface area contributed by atoms with E-state index in [9.17, 15) is 14.8 Å². The zero-order chi connectivity index (χ0) is 21.2. The van der Waals surface area contributed by atoms with Gasteiger partial charge in [0.05, 0.1) is 23.9 Å². The maximum Gasteiger partial charge on any atom is 0.256 e. The van der Waals surface area contributed by atoms with Crippen LogP contribution in [0.15, 0.2) is 59.3 Å². The topological polar surface area (TPSA) is 92.1 Å². The van der Waals surface area contributed by atoms with Crippen molar-refractivity contribution in [3.63, 3.8) is 0 Å². The predicted octanol–water partition coefficient (Wildman–Crippen LogP) is 4.11. The third-order valence-electron chi connectivity index (χ3n) is 5.02. The van der Waals surface area contributed by atoms with Crippen molar-refractivity contribution in [1.29, 1.82) is 0 Å². The molecular weight excluding hydrogens is 370 g/mol. The van der Waals surface area contributed by atoms with E-state index < -0.39 is 0 Å². The molecule has 1 N–H and O–H groups in total. The minimum atomic E-state index is -0.286. The molecule has 1 saturated heterocycles. The Kier molecular flexibility index (Phi) is 8.73. The summed E-state index contributed by atoms with van der Waals surface area (Å²) in [5.74, 6) is 0.400. The van der Waals surface area contributed by atoms with Gasteiger partial charge in [-0.15, -0.1) is 4.91 Å². The monoisotopic (exact) mass is 399 g/mol. The molecule has 1 aliphatic heterocycles. The SMILES string of the molecule is C=C(N=O)/C(CC)=C(\C=C/C)OC[C@@H]1CCCCN1C(=O)c1cccnc1CO. The van der Waals surface area contributed by atoms with Crippen LogP contribution >= 0.6 is 0 Å². The van der Waals surface area contributed by atoms with Crippen molar-refractivity contribution in [2.45, 2.75) is 52.2 Å². The summed E-state index contributed by atoms with van der Waals surface area (Å²) in [6.07, 6.45) is 8.48. The molecule has 7 heteroatoms. The summed E-state index contributed by atoms with van der Waals surface area (Å²) >= 11 is 0. The lowest BCUT2D eigenvalue weighted by Crippen LogP contribution is -2.46. The fraction of sp³-hybridized carbons (Fsp3) is 0.455. The first-order chi connectivity index (χ1) is 14.1. The van der Waals surface area contributed by atoms with Crippen molar-refractivity contribution < 1.29 is 14.6 Å². The van der Waals surface area contributed by atoms with Gasteiger partial charge in [-0.2, -0.15) is 0 Å².